The number of Topliss-reactive ketones (excluding diaryl/α,β-unsaturated/α-hetero) is 1. The fourth-order valence-corrected chi connectivity index (χ4v) is 1.95. The molecule has 0 aliphatic rings. The summed E-state index contributed by atoms with van der Waals surface area (Å²) >= 11 is 5.93. The van der Waals surface area contributed by atoms with Crippen LogP contribution in [-0.4, -0.2) is 12.3 Å². The Bertz CT molecular complexity index is 611. The highest BCUT2D eigenvalue weighted by atomic mass is 35.5. The van der Waals surface area contributed by atoms with E-state index in [0.29, 0.717) is 16.3 Å². The molecule has 2 aromatic carbocycles. The fourth-order valence-electron chi connectivity index (χ4n) is 1.77. The molecule has 4 heteroatoms. The summed E-state index contributed by atoms with van der Waals surface area (Å²) in [6.45, 7) is 2.17. The van der Waals surface area contributed by atoms with Crippen LogP contribution in [0.5, 0.6) is 0 Å². The maximum absolute atomic E-state index is 12.0. The van der Waals surface area contributed by atoms with E-state index in [4.69, 9.17) is 17.3 Å². The van der Waals surface area contributed by atoms with Gasteiger partial charge in [0.15, 0.2) is 5.78 Å². The van der Waals surface area contributed by atoms with Crippen LogP contribution in [0.2, 0.25) is 5.02 Å². The average molecular weight is 275 g/mol. The second kappa shape index (κ2) is 5.76. The number of carbonyl (C=O) groups excluding carboxylic acids is 1. The van der Waals surface area contributed by atoms with Gasteiger partial charge >= 0.3 is 0 Å². The van der Waals surface area contributed by atoms with Gasteiger partial charge < -0.3 is 11.1 Å². The second-order valence-electron chi connectivity index (χ2n) is 4.36. The van der Waals surface area contributed by atoms with E-state index in [1.54, 1.807) is 24.3 Å². The van der Waals surface area contributed by atoms with E-state index < -0.39 is 0 Å². The highest BCUT2D eigenvalue weighted by Crippen LogP contribution is 2.20. The first-order valence-corrected chi connectivity index (χ1v) is 6.33. The SMILES string of the molecule is Cc1ccc(Cl)cc1NCC(=O)c1cccc(N)c1. The van der Waals surface area contributed by atoms with Gasteiger partial charge in [0.05, 0.1) is 6.54 Å². The number of nitrogens with two attached hydrogens (primary N) is 1. The molecule has 0 bridgehead atoms. The van der Waals surface area contributed by atoms with Crippen molar-refractivity contribution >= 4 is 28.8 Å². The lowest BCUT2D eigenvalue weighted by Crippen LogP contribution is -2.14. The Hall–Kier alpha value is -2.00. The summed E-state index contributed by atoms with van der Waals surface area (Å²) in [5, 5.41) is 3.74. The molecule has 3 N–H and O–H groups in total. The van der Waals surface area contributed by atoms with E-state index >= 15 is 0 Å². The Kier molecular flexibility index (Phi) is 4.07. The van der Waals surface area contributed by atoms with Gasteiger partial charge in [-0.1, -0.05) is 29.8 Å². The molecular formula is C15H15ClN2O. The molecule has 0 spiro atoms. The molecule has 3 nitrogen and oxygen atoms in total. The van der Waals surface area contributed by atoms with Gasteiger partial charge in [-0.25, -0.2) is 0 Å². The molecule has 98 valence electrons. The van der Waals surface area contributed by atoms with Crippen LogP contribution in [0.3, 0.4) is 0 Å². The van der Waals surface area contributed by atoms with Crippen molar-refractivity contribution in [3.05, 3.63) is 58.6 Å². The summed E-state index contributed by atoms with van der Waals surface area (Å²) in [5.74, 6) is -0.00771. The lowest BCUT2D eigenvalue weighted by atomic mass is 10.1. The topological polar surface area (TPSA) is 55.1 Å². The van der Waals surface area contributed by atoms with Crippen LogP contribution in [0.1, 0.15) is 15.9 Å². The molecule has 0 heterocycles. The number of rotatable bonds is 4. The quantitative estimate of drug-likeness (QED) is 0.662. The molecule has 0 saturated carbocycles. The first-order valence-electron chi connectivity index (χ1n) is 5.95. The lowest BCUT2D eigenvalue weighted by molar-refractivity contribution is 0.101. The first-order chi connectivity index (χ1) is 9.06. The van der Waals surface area contributed by atoms with Gasteiger partial charge in [0.25, 0.3) is 0 Å². The van der Waals surface area contributed by atoms with Gasteiger partial charge in [-0.05, 0) is 36.8 Å². The zero-order valence-electron chi connectivity index (χ0n) is 10.6. The highest BCUT2D eigenvalue weighted by molar-refractivity contribution is 6.30. The minimum absolute atomic E-state index is 0.00771. The van der Waals surface area contributed by atoms with E-state index in [-0.39, 0.29) is 12.3 Å². The number of carbonyl (C=O) groups is 1. The molecule has 0 aromatic heterocycles. The Balaban J connectivity index is 2.06. The van der Waals surface area contributed by atoms with E-state index in [0.717, 1.165) is 11.3 Å². The molecule has 0 fully saturated rings. The standard InChI is InChI=1S/C15H15ClN2O/c1-10-5-6-12(16)8-14(10)18-9-15(19)11-3-2-4-13(17)7-11/h2-8,18H,9,17H2,1H3. The average Bonchev–Trinajstić information content (AvgIpc) is 2.39. The van der Waals surface area contributed by atoms with Crippen LogP contribution in [0.25, 0.3) is 0 Å². The van der Waals surface area contributed by atoms with Crippen LogP contribution < -0.4 is 11.1 Å². The van der Waals surface area contributed by atoms with Crippen molar-refractivity contribution in [2.24, 2.45) is 0 Å². The van der Waals surface area contributed by atoms with E-state index in [2.05, 4.69) is 5.32 Å². The summed E-state index contributed by atoms with van der Waals surface area (Å²) in [6, 6.07) is 12.5. The monoisotopic (exact) mass is 274 g/mol. The molecule has 0 aliphatic carbocycles. The number of benzene rings is 2. The third-order valence-corrected chi connectivity index (χ3v) is 3.08. The summed E-state index contributed by atoms with van der Waals surface area (Å²) in [5.41, 5.74) is 8.76. The Morgan fingerprint density at radius 2 is 2.05 bits per heavy atom. The molecule has 2 rings (SSSR count). The number of nitrogen functional groups attached to an aromatic ring is 1. The predicted octanol–water partition coefficient (Wildman–Crippen LogP) is 3.53. The molecule has 0 amide bonds. The number of nitrogens with one attached hydrogen (secondary N) is 1. The summed E-state index contributed by atoms with van der Waals surface area (Å²) in [6.07, 6.45) is 0. The van der Waals surface area contributed by atoms with Crippen LogP contribution in [0.15, 0.2) is 42.5 Å². The maximum Gasteiger partial charge on any atom is 0.181 e. The van der Waals surface area contributed by atoms with Crippen LogP contribution >= 0.6 is 11.6 Å². The number of hydrogen-bond donors (Lipinski definition) is 2. The number of anilines is 2. The lowest BCUT2D eigenvalue weighted by Gasteiger charge is -2.09. The Morgan fingerprint density at radius 3 is 2.79 bits per heavy atom. The number of halogens is 1. The van der Waals surface area contributed by atoms with Crippen molar-refractivity contribution in [2.45, 2.75) is 6.92 Å². The number of ketones is 1. The van der Waals surface area contributed by atoms with Gasteiger partial charge in [0, 0.05) is 22.0 Å². The van der Waals surface area contributed by atoms with E-state index in [9.17, 15) is 4.79 Å². The number of aryl methyl sites for hydroxylation is 1. The van der Waals surface area contributed by atoms with Gasteiger partial charge in [0.1, 0.15) is 0 Å². The minimum Gasteiger partial charge on any atom is -0.399 e. The van der Waals surface area contributed by atoms with Crippen molar-refractivity contribution in [1.82, 2.24) is 0 Å². The third-order valence-electron chi connectivity index (χ3n) is 2.85. The van der Waals surface area contributed by atoms with Gasteiger partial charge in [-0.2, -0.15) is 0 Å². The van der Waals surface area contributed by atoms with Crippen molar-refractivity contribution in [3.63, 3.8) is 0 Å². The van der Waals surface area contributed by atoms with E-state index in [1.807, 2.05) is 25.1 Å². The van der Waals surface area contributed by atoms with Crippen LogP contribution in [0.4, 0.5) is 11.4 Å². The number of hydrogen-bond acceptors (Lipinski definition) is 3. The second-order valence-corrected chi connectivity index (χ2v) is 4.80. The summed E-state index contributed by atoms with van der Waals surface area (Å²) in [4.78, 5) is 12.0. The molecule has 0 atom stereocenters. The van der Waals surface area contributed by atoms with Crippen molar-refractivity contribution in [1.29, 1.82) is 0 Å². The van der Waals surface area contributed by atoms with Crippen LogP contribution in [-0.2, 0) is 0 Å². The van der Waals surface area contributed by atoms with Gasteiger partial charge in [-0.3, -0.25) is 4.79 Å². The smallest absolute Gasteiger partial charge is 0.181 e. The minimum atomic E-state index is -0.00771. The predicted molar refractivity (Wildman–Crippen MR) is 79.9 cm³/mol. The van der Waals surface area contributed by atoms with Crippen molar-refractivity contribution < 1.29 is 4.79 Å². The first kappa shape index (κ1) is 13.4. The normalized spacial score (nSPS) is 10.2. The van der Waals surface area contributed by atoms with Crippen molar-refractivity contribution in [3.8, 4) is 0 Å². The molecule has 0 aliphatic heterocycles. The van der Waals surface area contributed by atoms with Gasteiger partial charge in [-0.15, -0.1) is 0 Å². The zero-order chi connectivity index (χ0) is 13.8. The molecule has 0 radical (unpaired) electrons. The molecule has 0 unspecified atom stereocenters. The summed E-state index contributed by atoms with van der Waals surface area (Å²) < 4.78 is 0. The molecule has 2 aromatic rings. The zero-order valence-corrected chi connectivity index (χ0v) is 11.4. The Morgan fingerprint density at radius 1 is 1.26 bits per heavy atom. The fraction of sp³-hybridized carbons (Fsp3) is 0.133. The maximum atomic E-state index is 12.0. The van der Waals surface area contributed by atoms with Crippen molar-refractivity contribution in [2.75, 3.05) is 17.6 Å². The molecular weight excluding hydrogens is 260 g/mol. The highest BCUT2D eigenvalue weighted by Gasteiger charge is 2.07. The third kappa shape index (κ3) is 3.48. The summed E-state index contributed by atoms with van der Waals surface area (Å²) in [7, 11) is 0. The van der Waals surface area contributed by atoms with E-state index in [1.165, 1.54) is 0 Å². The van der Waals surface area contributed by atoms with Crippen LogP contribution in [0, 0.1) is 6.92 Å². The van der Waals surface area contributed by atoms with Gasteiger partial charge in [0.2, 0.25) is 0 Å². The molecule has 0 saturated heterocycles. The Labute approximate surface area is 117 Å². The molecule has 19 heavy (non-hydrogen) atoms. The largest absolute Gasteiger partial charge is 0.399 e.